The molecule has 26 heavy (non-hydrogen) atoms. The van der Waals surface area contributed by atoms with Crippen LogP contribution in [0.5, 0.6) is 5.75 Å². The van der Waals surface area contributed by atoms with Gasteiger partial charge in [-0.05, 0) is 18.6 Å². The molecule has 3 rings (SSSR count). The number of halogens is 1. The van der Waals surface area contributed by atoms with Gasteiger partial charge in [0.1, 0.15) is 5.75 Å². The van der Waals surface area contributed by atoms with E-state index in [1.54, 1.807) is 12.1 Å². The molecule has 0 radical (unpaired) electrons. The topological polar surface area (TPSA) is 103 Å². The van der Waals surface area contributed by atoms with Crippen molar-refractivity contribution in [2.75, 3.05) is 13.2 Å². The van der Waals surface area contributed by atoms with Gasteiger partial charge in [0.25, 0.3) is 5.69 Å². The van der Waals surface area contributed by atoms with Gasteiger partial charge < -0.3 is 15.8 Å². The average Bonchev–Trinajstić information content (AvgIpc) is 2.63. The Morgan fingerprint density at radius 3 is 3.00 bits per heavy atom. The van der Waals surface area contributed by atoms with Gasteiger partial charge in [-0.3, -0.25) is 15.1 Å². The molecule has 1 aliphatic heterocycles. The molecular weight excluding hydrogens is 356 g/mol. The molecular formula is C18H19ClN4O3. The Morgan fingerprint density at radius 2 is 2.19 bits per heavy atom. The lowest BCUT2D eigenvalue weighted by molar-refractivity contribution is -0.385. The van der Waals surface area contributed by atoms with Crippen molar-refractivity contribution < 1.29 is 9.66 Å². The normalized spacial score (nSPS) is 16.5. The number of hydrogen-bond acceptors (Lipinski definition) is 4. The van der Waals surface area contributed by atoms with E-state index in [9.17, 15) is 10.1 Å². The van der Waals surface area contributed by atoms with Crippen LogP contribution in [0.1, 0.15) is 23.6 Å². The van der Waals surface area contributed by atoms with Crippen LogP contribution in [0, 0.1) is 10.1 Å². The Morgan fingerprint density at radius 1 is 1.38 bits per heavy atom. The molecule has 0 spiro atoms. The molecule has 0 fully saturated rings. The first kappa shape index (κ1) is 18.0. The van der Waals surface area contributed by atoms with Crippen molar-refractivity contribution >= 4 is 23.2 Å². The van der Waals surface area contributed by atoms with Crippen molar-refractivity contribution in [3.63, 3.8) is 0 Å². The van der Waals surface area contributed by atoms with E-state index >= 15 is 0 Å². The lowest BCUT2D eigenvalue weighted by atomic mass is 10.0. The van der Waals surface area contributed by atoms with E-state index in [2.05, 4.69) is 10.3 Å². The van der Waals surface area contributed by atoms with Crippen molar-refractivity contribution in [1.29, 1.82) is 0 Å². The van der Waals surface area contributed by atoms with Gasteiger partial charge in [0.2, 0.25) is 0 Å². The van der Waals surface area contributed by atoms with E-state index in [4.69, 9.17) is 22.1 Å². The van der Waals surface area contributed by atoms with Crippen LogP contribution >= 0.6 is 11.6 Å². The molecule has 1 aliphatic rings. The van der Waals surface area contributed by atoms with E-state index in [1.807, 2.05) is 24.3 Å². The van der Waals surface area contributed by atoms with Crippen LogP contribution < -0.4 is 15.8 Å². The highest BCUT2D eigenvalue weighted by Gasteiger charge is 2.21. The van der Waals surface area contributed by atoms with E-state index < -0.39 is 4.92 Å². The van der Waals surface area contributed by atoms with Gasteiger partial charge in [0.05, 0.1) is 17.6 Å². The highest BCUT2D eigenvalue weighted by Crippen LogP contribution is 2.31. The predicted molar refractivity (Wildman–Crippen MR) is 101 cm³/mol. The smallest absolute Gasteiger partial charge is 0.274 e. The molecule has 136 valence electrons. The van der Waals surface area contributed by atoms with Crippen LogP contribution in [0.25, 0.3) is 0 Å². The SMILES string of the molecule is NC(=NCCc1ccc(Cl)cc1[N+](=O)[O-])NC1CCOc2ccccc21. The molecule has 3 N–H and O–H groups in total. The average molecular weight is 375 g/mol. The van der Waals surface area contributed by atoms with Gasteiger partial charge in [-0.15, -0.1) is 0 Å². The predicted octanol–water partition coefficient (Wildman–Crippen LogP) is 3.22. The number of nitrogens with one attached hydrogen (secondary N) is 1. The number of guanidine groups is 1. The summed E-state index contributed by atoms with van der Waals surface area (Å²) < 4.78 is 5.62. The number of ether oxygens (including phenoxy) is 1. The molecule has 0 aromatic heterocycles. The molecule has 1 unspecified atom stereocenters. The number of para-hydroxylation sites is 1. The molecule has 0 amide bonds. The lowest BCUT2D eigenvalue weighted by Crippen LogP contribution is -2.37. The summed E-state index contributed by atoms with van der Waals surface area (Å²) in [6.07, 6.45) is 1.19. The van der Waals surface area contributed by atoms with Crippen molar-refractivity contribution in [1.82, 2.24) is 5.32 Å². The Hall–Kier alpha value is -2.80. The van der Waals surface area contributed by atoms with E-state index in [0.717, 1.165) is 17.7 Å². The van der Waals surface area contributed by atoms with Gasteiger partial charge in [-0.25, -0.2) is 0 Å². The van der Waals surface area contributed by atoms with E-state index in [0.29, 0.717) is 36.1 Å². The Balaban J connectivity index is 1.63. The fourth-order valence-electron chi connectivity index (χ4n) is 2.93. The monoisotopic (exact) mass is 374 g/mol. The number of nitrogens with two attached hydrogens (primary N) is 1. The van der Waals surface area contributed by atoms with Crippen molar-refractivity contribution in [3.8, 4) is 5.75 Å². The Kier molecular flexibility index (Phi) is 5.58. The number of benzene rings is 2. The van der Waals surface area contributed by atoms with Crippen LogP contribution in [0.4, 0.5) is 5.69 Å². The maximum Gasteiger partial charge on any atom is 0.274 e. The number of nitro benzene ring substituents is 1. The van der Waals surface area contributed by atoms with Crippen molar-refractivity contribution in [2.24, 2.45) is 10.7 Å². The molecule has 1 atom stereocenters. The second-order valence-corrected chi connectivity index (χ2v) is 6.36. The summed E-state index contributed by atoms with van der Waals surface area (Å²) in [5.41, 5.74) is 7.61. The summed E-state index contributed by atoms with van der Waals surface area (Å²) in [7, 11) is 0. The third-order valence-electron chi connectivity index (χ3n) is 4.19. The zero-order chi connectivity index (χ0) is 18.5. The molecule has 0 saturated carbocycles. The first-order valence-corrected chi connectivity index (χ1v) is 8.63. The molecule has 2 aromatic carbocycles. The van der Waals surface area contributed by atoms with Crippen LogP contribution in [0.3, 0.4) is 0 Å². The summed E-state index contributed by atoms with van der Waals surface area (Å²) in [5, 5.41) is 14.6. The second kappa shape index (κ2) is 8.05. The summed E-state index contributed by atoms with van der Waals surface area (Å²) in [4.78, 5) is 15.0. The lowest BCUT2D eigenvalue weighted by Gasteiger charge is -2.26. The van der Waals surface area contributed by atoms with Gasteiger partial charge in [0, 0.05) is 35.2 Å². The van der Waals surface area contributed by atoms with Crippen LogP contribution in [0.2, 0.25) is 5.02 Å². The Labute approximate surface area is 156 Å². The van der Waals surface area contributed by atoms with Crippen LogP contribution in [0.15, 0.2) is 47.5 Å². The van der Waals surface area contributed by atoms with Crippen LogP contribution in [-0.2, 0) is 6.42 Å². The Bertz CT molecular complexity index is 841. The van der Waals surface area contributed by atoms with Crippen molar-refractivity contribution in [2.45, 2.75) is 18.9 Å². The summed E-state index contributed by atoms with van der Waals surface area (Å²) >= 11 is 5.82. The third kappa shape index (κ3) is 4.23. The highest BCUT2D eigenvalue weighted by molar-refractivity contribution is 6.30. The largest absolute Gasteiger partial charge is 0.493 e. The number of fused-ring (bicyclic) bond motifs is 1. The molecule has 0 bridgehead atoms. The first-order chi connectivity index (χ1) is 12.5. The number of hydrogen-bond donors (Lipinski definition) is 2. The maximum atomic E-state index is 11.1. The summed E-state index contributed by atoms with van der Waals surface area (Å²) in [6, 6.07) is 12.5. The molecule has 2 aromatic rings. The second-order valence-electron chi connectivity index (χ2n) is 5.92. The van der Waals surface area contributed by atoms with Gasteiger partial charge in [-0.1, -0.05) is 35.9 Å². The highest BCUT2D eigenvalue weighted by atomic mass is 35.5. The standard InChI is InChI=1S/C18H19ClN4O3/c19-13-6-5-12(16(11-13)23(24)25)7-9-21-18(20)22-15-8-10-26-17-4-2-1-3-14(15)17/h1-6,11,15H,7-10H2,(H3,20,21,22). The van der Waals surface area contributed by atoms with Gasteiger partial charge >= 0.3 is 0 Å². The number of rotatable bonds is 5. The molecule has 0 saturated heterocycles. The molecule has 7 nitrogen and oxygen atoms in total. The fourth-order valence-corrected chi connectivity index (χ4v) is 3.10. The van der Waals surface area contributed by atoms with Gasteiger partial charge in [-0.2, -0.15) is 0 Å². The first-order valence-electron chi connectivity index (χ1n) is 8.25. The minimum absolute atomic E-state index is 0.00223. The molecule has 1 heterocycles. The zero-order valence-corrected chi connectivity index (χ0v) is 14.8. The van der Waals surface area contributed by atoms with E-state index in [1.165, 1.54) is 6.07 Å². The number of nitrogens with zero attached hydrogens (tertiary/aromatic N) is 2. The van der Waals surface area contributed by atoms with Crippen molar-refractivity contribution in [3.05, 3.63) is 68.7 Å². The minimum Gasteiger partial charge on any atom is -0.493 e. The zero-order valence-electron chi connectivity index (χ0n) is 14.0. The quantitative estimate of drug-likeness (QED) is 0.362. The molecule has 0 aliphatic carbocycles. The minimum atomic E-state index is -0.439. The summed E-state index contributed by atoms with van der Waals surface area (Å²) in [6.45, 7) is 0.950. The van der Waals surface area contributed by atoms with E-state index in [-0.39, 0.29) is 11.7 Å². The molecule has 8 heteroatoms. The summed E-state index contributed by atoms with van der Waals surface area (Å²) in [5.74, 6) is 1.16. The maximum absolute atomic E-state index is 11.1. The number of aliphatic imine (C=N–C) groups is 1. The number of nitro groups is 1. The van der Waals surface area contributed by atoms with Gasteiger partial charge in [0.15, 0.2) is 5.96 Å². The third-order valence-corrected chi connectivity index (χ3v) is 4.42. The van der Waals surface area contributed by atoms with Crippen LogP contribution in [-0.4, -0.2) is 24.0 Å². The fraction of sp³-hybridized carbons (Fsp3) is 0.278.